The predicted molar refractivity (Wildman–Crippen MR) is 116 cm³/mol. The van der Waals surface area contributed by atoms with Gasteiger partial charge in [-0.3, -0.25) is 9.59 Å². The van der Waals surface area contributed by atoms with E-state index in [-0.39, 0.29) is 29.2 Å². The van der Waals surface area contributed by atoms with Crippen LogP contribution in [0.1, 0.15) is 73.1 Å². The number of allylic oxidation sites excluding steroid dienone is 4. The normalized spacial score (nSPS) is 41.2. The summed E-state index contributed by atoms with van der Waals surface area (Å²) in [7, 11) is 0. The summed E-state index contributed by atoms with van der Waals surface area (Å²) in [6.45, 7) is 10.1. The lowest BCUT2D eigenvalue weighted by molar-refractivity contribution is -0.164. The number of esters is 1. The fourth-order valence-corrected chi connectivity index (χ4v) is 7.19. The average molecular weight is 413 g/mol. The molecular formula is C26H36O4. The molecule has 4 aliphatic rings. The molecule has 4 aliphatic carbocycles. The molecule has 0 bridgehead atoms. The van der Waals surface area contributed by atoms with Gasteiger partial charge in [0.1, 0.15) is 12.4 Å². The second kappa shape index (κ2) is 7.17. The molecule has 2 fully saturated rings. The Labute approximate surface area is 180 Å². The molecule has 0 aromatic heterocycles. The van der Waals surface area contributed by atoms with E-state index >= 15 is 0 Å². The predicted octanol–water partition coefficient (Wildman–Crippen LogP) is 5.07. The molecule has 0 radical (unpaired) electrons. The summed E-state index contributed by atoms with van der Waals surface area (Å²) in [6.07, 6.45) is 12.4. The second-order valence-corrected chi connectivity index (χ2v) is 11.5. The monoisotopic (exact) mass is 412 g/mol. The smallest absolute Gasteiger partial charge is 0.311 e. The number of rotatable bonds is 3. The Hall–Kier alpha value is -1.71. The molecule has 0 amide bonds. The van der Waals surface area contributed by atoms with Crippen molar-refractivity contribution in [2.24, 2.45) is 39.9 Å². The Bertz CT molecular complexity index is 815. The van der Waals surface area contributed by atoms with Gasteiger partial charge in [-0.25, -0.2) is 0 Å². The lowest BCUT2D eigenvalue weighted by Crippen LogP contribution is -2.51. The summed E-state index contributed by atoms with van der Waals surface area (Å²) in [4.78, 5) is 36.9. The van der Waals surface area contributed by atoms with Crippen LogP contribution in [0.25, 0.3) is 0 Å². The first-order valence-electron chi connectivity index (χ1n) is 11.6. The SMILES string of the molecule is CC(OC(=O)C(C)(C)C)[C@H]1CC[C@H]2[C@@H]3C=CC4=CC(=O)CC[C@@]4(C=O)[C@H]3CC[C@]12C. The van der Waals surface area contributed by atoms with Crippen molar-refractivity contribution >= 4 is 18.0 Å². The van der Waals surface area contributed by atoms with Crippen molar-refractivity contribution in [3.8, 4) is 0 Å². The van der Waals surface area contributed by atoms with E-state index in [4.69, 9.17) is 4.74 Å². The number of ketones is 1. The molecule has 0 N–H and O–H groups in total. The Kier molecular flexibility index (Phi) is 5.14. The quantitative estimate of drug-likeness (QED) is 0.480. The third kappa shape index (κ3) is 3.13. The molecule has 0 heterocycles. The van der Waals surface area contributed by atoms with Gasteiger partial charge in [0.15, 0.2) is 5.78 Å². The number of ether oxygens (including phenoxy) is 1. The lowest BCUT2D eigenvalue weighted by Gasteiger charge is -2.55. The number of fused-ring (bicyclic) bond motifs is 5. The molecule has 0 saturated heterocycles. The summed E-state index contributed by atoms with van der Waals surface area (Å²) in [6, 6.07) is 0. The maximum absolute atomic E-state index is 12.5. The third-order valence-corrected chi connectivity index (χ3v) is 8.89. The van der Waals surface area contributed by atoms with Crippen molar-refractivity contribution in [2.45, 2.75) is 79.2 Å². The highest BCUT2D eigenvalue weighted by Crippen LogP contribution is 2.65. The Morgan fingerprint density at radius 2 is 1.93 bits per heavy atom. The van der Waals surface area contributed by atoms with Crippen molar-refractivity contribution < 1.29 is 19.1 Å². The van der Waals surface area contributed by atoms with E-state index < -0.39 is 10.8 Å². The van der Waals surface area contributed by atoms with Crippen LogP contribution in [0, 0.1) is 39.9 Å². The zero-order chi connectivity index (χ0) is 21.9. The van der Waals surface area contributed by atoms with Crippen molar-refractivity contribution in [3.63, 3.8) is 0 Å². The maximum Gasteiger partial charge on any atom is 0.311 e. The molecule has 0 aromatic rings. The largest absolute Gasteiger partial charge is 0.462 e. The molecule has 0 spiro atoms. The summed E-state index contributed by atoms with van der Waals surface area (Å²) in [5, 5.41) is 0. The molecule has 164 valence electrons. The van der Waals surface area contributed by atoms with E-state index in [9.17, 15) is 14.4 Å². The van der Waals surface area contributed by atoms with E-state index in [1.807, 2.05) is 20.8 Å². The fraction of sp³-hybridized carbons (Fsp3) is 0.731. The van der Waals surface area contributed by atoms with E-state index in [0.717, 1.165) is 37.5 Å². The maximum atomic E-state index is 12.5. The van der Waals surface area contributed by atoms with Crippen LogP contribution in [0.5, 0.6) is 0 Å². The molecule has 30 heavy (non-hydrogen) atoms. The number of carbonyl (C=O) groups excluding carboxylic acids is 3. The van der Waals surface area contributed by atoms with Gasteiger partial charge in [-0.2, -0.15) is 0 Å². The topological polar surface area (TPSA) is 60.4 Å². The van der Waals surface area contributed by atoms with Crippen LogP contribution in [0.4, 0.5) is 0 Å². The van der Waals surface area contributed by atoms with Gasteiger partial charge in [0.2, 0.25) is 0 Å². The summed E-state index contributed by atoms with van der Waals surface area (Å²) >= 11 is 0. The van der Waals surface area contributed by atoms with E-state index in [2.05, 4.69) is 26.0 Å². The summed E-state index contributed by atoms with van der Waals surface area (Å²) in [5.74, 6) is 1.49. The first-order chi connectivity index (χ1) is 14.0. The number of hydrogen-bond donors (Lipinski definition) is 0. The van der Waals surface area contributed by atoms with Crippen molar-refractivity contribution in [1.82, 2.24) is 0 Å². The van der Waals surface area contributed by atoms with Gasteiger partial charge >= 0.3 is 5.97 Å². The lowest BCUT2D eigenvalue weighted by atomic mass is 9.48. The van der Waals surface area contributed by atoms with Crippen LogP contribution in [0.3, 0.4) is 0 Å². The first kappa shape index (κ1) is 21.5. The van der Waals surface area contributed by atoms with E-state index in [0.29, 0.717) is 30.6 Å². The van der Waals surface area contributed by atoms with Crippen molar-refractivity contribution in [2.75, 3.05) is 0 Å². The molecule has 2 saturated carbocycles. The summed E-state index contributed by atoms with van der Waals surface area (Å²) in [5.41, 5.74) is 0.0605. The fourth-order valence-electron chi connectivity index (χ4n) is 7.19. The molecule has 0 aromatic carbocycles. The molecule has 4 heteroatoms. The van der Waals surface area contributed by atoms with Gasteiger partial charge < -0.3 is 9.53 Å². The van der Waals surface area contributed by atoms with Gasteiger partial charge in [0.25, 0.3) is 0 Å². The second-order valence-electron chi connectivity index (χ2n) is 11.5. The minimum atomic E-state index is -0.492. The third-order valence-electron chi connectivity index (χ3n) is 8.89. The van der Waals surface area contributed by atoms with Crippen LogP contribution >= 0.6 is 0 Å². The zero-order valence-electron chi connectivity index (χ0n) is 19.1. The van der Waals surface area contributed by atoms with Crippen LogP contribution in [0.15, 0.2) is 23.8 Å². The molecular weight excluding hydrogens is 376 g/mol. The van der Waals surface area contributed by atoms with Crippen LogP contribution < -0.4 is 0 Å². The standard InChI is InChI=1S/C26H36O4/c1-16(30-23(29)24(2,3)4)20-8-9-21-19-7-6-17-14-18(28)10-13-26(17,15-27)22(19)11-12-25(20,21)5/h6-7,14-16,19-22H,8-13H2,1-5H3/t16?,19-,20+,21-,22-,25+,26-/m0/s1. The first-order valence-corrected chi connectivity index (χ1v) is 11.6. The number of carbonyl (C=O) groups is 3. The Balaban J connectivity index is 1.60. The minimum Gasteiger partial charge on any atom is -0.462 e. The van der Waals surface area contributed by atoms with E-state index in [1.54, 1.807) is 6.08 Å². The average Bonchev–Trinajstić information content (AvgIpc) is 3.04. The van der Waals surface area contributed by atoms with Gasteiger partial charge in [0, 0.05) is 12.3 Å². The molecule has 0 aliphatic heterocycles. The van der Waals surface area contributed by atoms with Gasteiger partial charge in [-0.1, -0.05) is 19.1 Å². The highest BCUT2D eigenvalue weighted by molar-refractivity contribution is 5.94. The van der Waals surface area contributed by atoms with Crippen LogP contribution in [-0.4, -0.2) is 24.1 Å². The zero-order valence-corrected chi connectivity index (χ0v) is 19.1. The number of aldehydes is 1. The van der Waals surface area contributed by atoms with Crippen molar-refractivity contribution in [1.29, 1.82) is 0 Å². The van der Waals surface area contributed by atoms with Gasteiger partial charge in [-0.05, 0) is 94.6 Å². The highest BCUT2D eigenvalue weighted by Gasteiger charge is 2.60. The molecule has 7 atom stereocenters. The minimum absolute atomic E-state index is 0.0985. The van der Waals surface area contributed by atoms with Crippen molar-refractivity contribution in [3.05, 3.63) is 23.8 Å². The van der Waals surface area contributed by atoms with Gasteiger partial charge in [0.05, 0.1) is 10.8 Å². The summed E-state index contributed by atoms with van der Waals surface area (Å²) < 4.78 is 5.93. The van der Waals surface area contributed by atoms with Crippen LogP contribution in [0.2, 0.25) is 0 Å². The van der Waals surface area contributed by atoms with Crippen LogP contribution in [-0.2, 0) is 19.1 Å². The Morgan fingerprint density at radius 1 is 1.20 bits per heavy atom. The molecule has 1 unspecified atom stereocenters. The van der Waals surface area contributed by atoms with E-state index in [1.165, 1.54) is 0 Å². The molecule has 4 nitrogen and oxygen atoms in total. The van der Waals surface area contributed by atoms with Gasteiger partial charge in [-0.15, -0.1) is 0 Å². The highest BCUT2D eigenvalue weighted by atomic mass is 16.5. The number of hydrogen-bond acceptors (Lipinski definition) is 4. The molecule has 4 rings (SSSR count). The Morgan fingerprint density at radius 3 is 2.60 bits per heavy atom.